The van der Waals surface area contributed by atoms with Gasteiger partial charge in [-0.15, -0.1) is 0 Å². The topological polar surface area (TPSA) is 135 Å². The lowest BCUT2D eigenvalue weighted by molar-refractivity contribution is -0.135. The minimum atomic E-state index is -0.706. The number of hydrogen-bond donors (Lipinski definition) is 3. The summed E-state index contributed by atoms with van der Waals surface area (Å²) in [5, 5.41) is 8.16. The van der Waals surface area contributed by atoms with Gasteiger partial charge in [0.2, 0.25) is 11.8 Å². The van der Waals surface area contributed by atoms with E-state index in [1.54, 1.807) is 18.2 Å². The van der Waals surface area contributed by atoms with Crippen molar-refractivity contribution in [2.24, 2.45) is 0 Å². The summed E-state index contributed by atoms with van der Waals surface area (Å²) in [5.41, 5.74) is 0.950. The van der Waals surface area contributed by atoms with Gasteiger partial charge in [-0.2, -0.15) is 0 Å². The summed E-state index contributed by atoms with van der Waals surface area (Å²) in [4.78, 5) is 52.9. The molecule has 13 heteroatoms. The number of benzene rings is 3. The van der Waals surface area contributed by atoms with Crippen LogP contribution in [0.2, 0.25) is 0 Å². The highest BCUT2D eigenvalue weighted by Crippen LogP contribution is 2.29. The highest BCUT2D eigenvalue weighted by Gasteiger charge is 2.34. The average Bonchev–Trinajstić information content (AvgIpc) is 3.01. The molecule has 0 aromatic heterocycles. The largest absolute Gasteiger partial charge is 0.493 e. The van der Waals surface area contributed by atoms with Crippen molar-refractivity contribution in [2.75, 3.05) is 32.1 Å². The molecular weight excluding hydrogens is 590 g/mol. The fourth-order valence-corrected chi connectivity index (χ4v) is 5.15. The number of piperidine rings is 1. The van der Waals surface area contributed by atoms with Gasteiger partial charge in [0.25, 0.3) is 11.8 Å². The van der Waals surface area contributed by atoms with Crippen molar-refractivity contribution in [3.05, 3.63) is 83.4 Å². The summed E-state index contributed by atoms with van der Waals surface area (Å²) in [7, 11) is 1.43. The molecule has 4 amide bonds. The number of nitrogens with zero attached hydrogens (tertiary/aromatic N) is 1. The molecule has 11 nitrogen and oxygen atoms in total. The van der Waals surface area contributed by atoms with E-state index in [1.165, 1.54) is 54.5 Å². The first-order valence-corrected chi connectivity index (χ1v) is 14.3. The Hall–Kier alpha value is -5.20. The number of hydrogen-bond acceptors (Lipinski definition) is 7. The first-order chi connectivity index (χ1) is 21.7. The van der Waals surface area contributed by atoms with Crippen molar-refractivity contribution >= 4 is 29.3 Å². The first kappa shape index (κ1) is 31.2. The Morgan fingerprint density at radius 3 is 2.69 bits per heavy atom. The Labute approximate surface area is 257 Å². The third kappa shape index (κ3) is 8.25. The van der Waals surface area contributed by atoms with Crippen LogP contribution in [0.4, 0.5) is 14.5 Å². The van der Waals surface area contributed by atoms with Crippen molar-refractivity contribution in [1.82, 2.24) is 15.5 Å². The molecule has 0 aliphatic carbocycles. The van der Waals surface area contributed by atoms with Gasteiger partial charge >= 0.3 is 0 Å². The lowest BCUT2D eigenvalue weighted by atomic mass is 10.00. The Morgan fingerprint density at radius 2 is 1.89 bits per heavy atom. The van der Waals surface area contributed by atoms with E-state index < -0.39 is 41.5 Å². The zero-order chi connectivity index (χ0) is 31.9. The van der Waals surface area contributed by atoms with Crippen molar-refractivity contribution in [3.63, 3.8) is 0 Å². The number of rotatable bonds is 5. The molecule has 3 aromatic carbocycles. The summed E-state index contributed by atoms with van der Waals surface area (Å²) in [6, 6.07) is 13.3. The quantitative estimate of drug-likeness (QED) is 0.398. The van der Waals surface area contributed by atoms with E-state index in [-0.39, 0.29) is 67.7 Å². The van der Waals surface area contributed by atoms with E-state index in [1.807, 2.05) is 0 Å². The van der Waals surface area contributed by atoms with Crippen LogP contribution in [-0.4, -0.2) is 67.5 Å². The number of ether oxygens (including phenoxy) is 3. The van der Waals surface area contributed by atoms with Crippen LogP contribution >= 0.6 is 0 Å². The van der Waals surface area contributed by atoms with E-state index in [4.69, 9.17) is 14.2 Å². The summed E-state index contributed by atoms with van der Waals surface area (Å²) in [5.74, 6) is -2.10. The standard InChI is InChI=1S/C32H32F2N4O7/c1-43-27-6-5-20-13-28(27)44-18-30(40)35-16-19-11-22(34)15-24(12-19)45-26-9-10-38(17-25(26)37-32(20)42)31(41)8-7-29(39)36-23-4-2-3-21(33)14-23/h2-6,11-15,25-26H,7-10,16-18H2,1H3,(H,35,40)(H,36,39)(H,37,42)/t25-,26+/m0/s1. The van der Waals surface area contributed by atoms with Gasteiger partial charge in [0.1, 0.15) is 23.5 Å². The van der Waals surface area contributed by atoms with Gasteiger partial charge in [0, 0.05) is 56.2 Å². The Bertz CT molecular complexity index is 1600. The van der Waals surface area contributed by atoms with Gasteiger partial charge in [0.15, 0.2) is 18.1 Å². The number of methoxy groups -OCH3 is 1. The molecule has 45 heavy (non-hydrogen) atoms. The SMILES string of the molecule is COc1ccc2cc1OCC(=O)NCc1cc(F)cc(c1)O[C@@H]1CCN(C(=O)CCC(=O)Nc3cccc(F)c3)C[C@@H]1NC2=O. The highest BCUT2D eigenvalue weighted by atomic mass is 19.1. The summed E-state index contributed by atoms with van der Waals surface area (Å²) < 4.78 is 45.1. The van der Waals surface area contributed by atoms with Crippen LogP contribution in [-0.2, 0) is 20.9 Å². The lowest BCUT2D eigenvalue weighted by Crippen LogP contribution is -2.58. The van der Waals surface area contributed by atoms with Gasteiger partial charge in [-0.3, -0.25) is 19.2 Å². The van der Waals surface area contributed by atoms with Crippen LogP contribution in [0.5, 0.6) is 17.2 Å². The Kier molecular flexibility index (Phi) is 9.76. The fraction of sp³-hybridized carbons (Fsp3) is 0.312. The van der Waals surface area contributed by atoms with Crippen LogP contribution in [0.15, 0.2) is 60.7 Å². The summed E-state index contributed by atoms with van der Waals surface area (Å²) in [6.07, 6.45) is -0.572. The minimum absolute atomic E-state index is 0.0212. The van der Waals surface area contributed by atoms with Crippen molar-refractivity contribution in [3.8, 4) is 17.2 Å². The summed E-state index contributed by atoms with van der Waals surface area (Å²) in [6.45, 7) is -0.0197. The number of carbonyl (C=O) groups is 4. The normalized spacial score (nSPS) is 18.3. The van der Waals surface area contributed by atoms with Crippen molar-refractivity contribution in [2.45, 2.75) is 38.0 Å². The third-order valence-corrected chi connectivity index (χ3v) is 7.39. The molecular formula is C32H32F2N4O7. The molecule has 5 rings (SSSR count). The second-order valence-electron chi connectivity index (χ2n) is 10.6. The molecule has 2 heterocycles. The van der Waals surface area contributed by atoms with Crippen molar-refractivity contribution in [1.29, 1.82) is 0 Å². The number of fused-ring (bicyclic) bond motifs is 5. The first-order valence-electron chi connectivity index (χ1n) is 14.3. The van der Waals surface area contributed by atoms with Crippen LogP contribution < -0.4 is 30.2 Å². The molecule has 1 fully saturated rings. The predicted octanol–water partition coefficient (Wildman–Crippen LogP) is 3.18. The van der Waals surface area contributed by atoms with Crippen LogP contribution in [0.25, 0.3) is 0 Å². The Balaban J connectivity index is 1.33. The third-order valence-electron chi connectivity index (χ3n) is 7.39. The number of anilines is 1. The molecule has 3 N–H and O–H groups in total. The molecule has 4 bridgehead atoms. The smallest absolute Gasteiger partial charge is 0.258 e. The second-order valence-corrected chi connectivity index (χ2v) is 10.6. The van der Waals surface area contributed by atoms with Gasteiger partial charge in [-0.05, 0) is 54.1 Å². The molecule has 2 atom stereocenters. The maximum absolute atomic E-state index is 14.5. The maximum Gasteiger partial charge on any atom is 0.258 e. The monoisotopic (exact) mass is 622 g/mol. The predicted molar refractivity (Wildman–Crippen MR) is 158 cm³/mol. The van der Waals surface area contributed by atoms with E-state index in [0.29, 0.717) is 17.7 Å². The highest BCUT2D eigenvalue weighted by molar-refractivity contribution is 5.95. The maximum atomic E-state index is 14.5. The van der Waals surface area contributed by atoms with Crippen LogP contribution in [0, 0.1) is 11.6 Å². The molecule has 2 aliphatic heterocycles. The molecule has 1 saturated heterocycles. The van der Waals surface area contributed by atoms with E-state index >= 15 is 0 Å². The minimum Gasteiger partial charge on any atom is -0.493 e. The molecule has 0 saturated carbocycles. The van der Waals surface area contributed by atoms with E-state index in [0.717, 1.165) is 0 Å². The van der Waals surface area contributed by atoms with Crippen molar-refractivity contribution < 1.29 is 42.2 Å². The molecule has 3 aromatic rings. The van der Waals surface area contributed by atoms with Crippen LogP contribution in [0.3, 0.4) is 0 Å². The summed E-state index contributed by atoms with van der Waals surface area (Å²) >= 11 is 0. The van der Waals surface area contributed by atoms with Crippen LogP contribution in [0.1, 0.15) is 35.2 Å². The van der Waals surface area contributed by atoms with E-state index in [9.17, 15) is 28.0 Å². The molecule has 0 radical (unpaired) electrons. The molecule has 2 aliphatic rings. The molecule has 236 valence electrons. The number of nitrogens with one attached hydrogen (secondary N) is 3. The van der Waals surface area contributed by atoms with Gasteiger partial charge in [-0.1, -0.05) is 6.07 Å². The fourth-order valence-electron chi connectivity index (χ4n) is 5.15. The number of halogens is 2. The number of carbonyl (C=O) groups excluding carboxylic acids is 4. The van der Waals surface area contributed by atoms with Gasteiger partial charge < -0.3 is 35.1 Å². The lowest BCUT2D eigenvalue weighted by Gasteiger charge is -2.39. The average molecular weight is 623 g/mol. The second kappa shape index (κ2) is 14.1. The van der Waals surface area contributed by atoms with E-state index in [2.05, 4.69) is 16.0 Å². The van der Waals surface area contributed by atoms with Gasteiger partial charge in [0.05, 0.1) is 13.2 Å². The Morgan fingerprint density at radius 1 is 1.04 bits per heavy atom. The van der Waals surface area contributed by atoms with Gasteiger partial charge in [-0.25, -0.2) is 8.78 Å². The zero-order valence-electron chi connectivity index (χ0n) is 24.4. The molecule has 0 unspecified atom stereocenters. The number of amides is 4. The zero-order valence-corrected chi connectivity index (χ0v) is 24.4. The number of likely N-dealkylation sites (tertiary alicyclic amines) is 1. The molecule has 0 spiro atoms.